The number of anilines is 1. The lowest BCUT2D eigenvalue weighted by Crippen LogP contribution is -2.34. The van der Waals surface area contributed by atoms with Crippen molar-refractivity contribution >= 4 is 21.6 Å². The Bertz CT molecular complexity index is 985. The quantitative estimate of drug-likeness (QED) is 0.799. The summed E-state index contributed by atoms with van der Waals surface area (Å²) in [6.07, 6.45) is 3.37. The minimum Gasteiger partial charge on any atom is -0.312 e. The van der Waals surface area contributed by atoms with Crippen LogP contribution in [0.3, 0.4) is 0 Å². The molecule has 1 amide bonds. The highest BCUT2D eigenvalue weighted by molar-refractivity contribution is 7.89. The first-order valence-electron chi connectivity index (χ1n) is 9.45. The standard InChI is InChI=1S/C21H24N2O3S/c1-16(24)23-13-5-9-18-14-20(10-11-21(18)23)27(25,26)22-12-4-8-17-6-2-3-7-19(17)15-22/h2-3,6-7,10-11,14H,4-5,8-9,12-13,15H2,1H3. The van der Waals surface area contributed by atoms with Gasteiger partial charge in [-0.15, -0.1) is 0 Å². The van der Waals surface area contributed by atoms with Gasteiger partial charge in [0.1, 0.15) is 0 Å². The average molecular weight is 385 g/mol. The predicted molar refractivity (Wildman–Crippen MR) is 105 cm³/mol. The van der Waals surface area contributed by atoms with Gasteiger partial charge >= 0.3 is 0 Å². The molecule has 27 heavy (non-hydrogen) atoms. The van der Waals surface area contributed by atoms with Crippen molar-refractivity contribution in [2.75, 3.05) is 18.0 Å². The SMILES string of the molecule is CC(=O)N1CCCc2cc(S(=O)(=O)N3CCCc4ccccc4C3)ccc21. The number of carbonyl (C=O) groups is 1. The maximum absolute atomic E-state index is 13.3. The van der Waals surface area contributed by atoms with E-state index in [1.54, 1.807) is 34.3 Å². The van der Waals surface area contributed by atoms with E-state index >= 15 is 0 Å². The lowest BCUT2D eigenvalue weighted by Gasteiger charge is -2.29. The molecule has 0 unspecified atom stereocenters. The molecule has 0 fully saturated rings. The first-order chi connectivity index (χ1) is 13.0. The molecule has 5 nitrogen and oxygen atoms in total. The zero-order chi connectivity index (χ0) is 19.0. The van der Waals surface area contributed by atoms with E-state index in [9.17, 15) is 13.2 Å². The highest BCUT2D eigenvalue weighted by Gasteiger charge is 2.29. The summed E-state index contributed by atoms with van der Waals surface area (Å²) in [6.45, 7) is 3.18. The lowest BCUT2D eigenvalue weighted by molar-refractivity contribution is -0.116. The Hall–Kier alpha value is -2.18. The van der Waals surface area contributed by atoms with Gasteiger partial charge in [-0.2, -0.15) is 4.31 Å². The van der Waals surface area contributed by atoms with Crippen molar-refractivity contribution in [3.05, 3.63) is 59.2 Å². The maximum atomic E-state index is 13.3. The Balaban J connectivity index is 1.67. The van der Waals surface area contributed by atoms with Gasteiger partial charge in [-0.3, -0.25) is 4.79 Å². The van der Waals surface area contributed by atoms with E-state index in [1.807, 2.05) is 18.2 Å². The van der Waals surface area contributed by atoms with Crippen LogP contribution in [0.5, 0.6) is 0 Å². The number of nitrogens with zero attached hydrogens (tertiary/aromatic N) is 2. The topological polar surface area (TPSA) is 57.7 Å². The summed E-state index contributed by atoms with van der Waals surface area (Å²) in [6, 6.07) is 13.3. The van der Waals surface area contributed by atoms with Crippen LogP contribution in [0.15, 0.2) is 47.4 Å². The number of benzene rings is 2. The molecule has 0 bridgehead atoms. The number of hydrogen-bond acceptors (Lipinski definition) is 3. The number of fused-ring (bicyclic) bond motifs is 2. The Kier molecular flexibility index (Phi) is 4.78. The lowest BCUT2D eigenvalue weighted by atomic mass is 10.0. The van der Waals surface area contributed by atoms with Crippen LogP contribution in [-0.2, 0) is 34.2 Å². The van der Waals surface area contributed by atoms with Crippen LogP contribution in [-0.4, -0.2) is 31.7 Å². The van der Waals surface area contributed by atoms with Crippen molar-refractivity contribution in [1.29, 1.82) is 0 Å². The van der Waals surface area contributed by atoms with E-state index in [2.05, 4.69) is 6.07 Å². The number of rotatable bonds is 2. The molecule has 0 N–H and O–H groups in total. The molecule has 2 heterocycles. The van der Waals surface area contributed by atoms with Crippen LogP contribution in [0.1, 0.15) is 36.5 Å². The summed E-state index contributed by atoms with van der Waals surface area (Å²) in [5.74, 6) is -0.00400. The summed E-state index contributed by atoms with van der Waals surface area (Å²) >= 11 is 0. The van der Waals surface area contributed by atoms with E-state index in [0.29, 0.717) is 24.5 Å². The Morgan fingerprint density at radius 3 is 2.41 bits per heavy atom. The molecule has 0 atom stereocenters. The van der Waals surface area contributed by atoms with E-state index in [1.165, 1.54) is 5.56 Å². The van der Waals surface area contributed by atoms with Gasteiger partial charge in [0.15, 0.2) is 0 Å². The zero-order valence-corrected chi connectivity index (χ0v) is 16.3. The van der Waals surface area contributed by atoms with Crippen molar-refractivity contribution in [3.63, 3.8) is 0 Å². The third-order valence-electron chi connectivity index (χ3n) is 5.51. The molecule has 2 aromatic rings. The Morgan fingerprint density at radius 2 is 1.63 bits per heavy atom. The first kappa shape index (κ1) is 18.2. The van der Waals surface area contributed by atoms with Crippen LogP contribution in [0, 0.1) is 0 Å². The zero-order valence-electron chi connectivity index (χ0n) is 15.5. The van der Waals surface area contributed by atoms with E-state index < -0.39 is 10.0 Å². The summed E-state index contributed by atoms with van der Waals surface area (Å²) in [4.78, 5) is 13.9. The van der Waals surface area contributed by atoms with Crippen LogP contribution >= 0.6 is 0 Å². The van der Waals surface area contributed by atoms with Crippen molar-refractivity contribution < 1.29 is 13.2 Å². The monoisotopic (exact) mass is 384 g/mol. The molecule has 0 saturated heterocycles. The van der Waals surface area contributed by atoms with E-state index in [0.717, 1.165) is 42.5 Å². The molecule has 6 heteroatoms. The molecule has 0 aromatic heterocycles. The molecule has 0 radical (unpaired) electrons. The fraction of sp³-hybridized carbons (Fsp3) is 0.381. The van der Waals surface area contributed by atoms with Crippen molar-refractivity contribution in [2.45, 2.75) is 44.0 Å². The van der Waals surface area contributed by atoms with Gasteiger partial charge in [-0.05, 0) is 60.6 Å². The fourth-order valence-electron chi connectivity index (χ4n) is 4.09. The molecule has 0 saturated carbocycles. The number of sulfonamides is 1. The molecule has 2 aliphatic heterocycles. The van der Waals surface area contributed by atoms with Gasteiger partial charge in [-0.25, -0.2) is 8.42 Å². The molecule has 2 aliphatic rings. The van der Waals surface area contributed by atoms with Crippen LogP contribution in [0.4, 0.5) is 5.69 Å². The van der Waals surface area contributed by atoms with Crippen molar-refractivity contribution in [2.24, 2.45) is 0 Å². The van der Waals surface area contributed by atoms with Gasteiger partial charge in [0.05, 0.1) is 4.90 Å². The molecular formula is C21H24N2O3S. The van der Waals surface area contributed by atoms with Gasteiger partial charge in [-0.1, -0.05) is 24.3 Å². The Labute approximate surface area is 160 Å². The molecule has 4 rings (SSSR count). The summed E-state index contributed by atoms with van der Waals surface area (Å²) in [7, 11) is -3.57. The smallest absolute Gasteiger partial charge is 0.243 e. The van der Waals surface area contributed by atoms with Crippen LogP contribution in [0.25, 0.3) is 0 Å². The highest BCUT2D eigenvalue weighted by atomic mass is 32.2. The van der Waals surface area contributed by atoms with Gasteiger partial charge in [0, 0.05) is 32.2 Å². The molecule has 0 aliphatic carbocycles. The molecular weight excluding hydrogens is 360 g/mol. The minimum atomic E-state index is -3.57. The van der Waals surface area contributed by atoms with Crippen LogP contribution in [0.2, 0.25) is 0 Å². The summed E-state index contributed by atoms with van der Waals surface area (Å²) in [5, 5.41) is 0. The molecule has 2 aromatic carbocycles. The normalized spacial score (nSPS) is 17.7. The highest BCUT2D eigenvalue weighted by Crippen LogP contribution is 2.31. The minimum absolute atomic E-state index is 0.00400. The largest absolute Gasteiger partial charge is 0.312 e. The summed E-state index contributed by atoms with van der Waals surface area (Å²) < 4.78 is 28.2. The first-order valence-corrected chi connectivity index (χ1v) is 10.9. The number of carbonyl (C=O) groups excluding carboxylic acids is 1. The van der Waals surface area contributed by atoms with E-state index in [4.69, 9.17) is 0 Å². The van der Waals surface area contributed by atoms with Gasteiger partial charge in [0.2, 0.25) is 15.9 Å². The number of aryl methyl sites for hydroxylation is 2. The third-order valence-corrected chi connectivity index (χ3v) is 7.35. The van der Waals surface area contributed by atoms with Crippen LogP contribution < -0.4 is 4.90 Å². The second-order valence-electron chi connectivity index (χ2n) is 7.28. The molecule has 142 valence electrons. The number of hydrogen-bond donors (Lipinski definition) is 0. The summed E-state index contributed by atoms with van der Waals surface area (Å²) in [5.41, 5.74) is 4.10. The second kappa shape index (κ2) is 7.09. The Morgan fingerprint density at radius 1 is 0.926 bits per heavy atom. The second-order valence-corrected chi connectivity index (χ2v) is 9.21. The van der Waals surface area contributed by atoms with Gasteiger partial charge in [0.25, 0.3) is 0 Å². The van der Waals surface area contributed by atoms with Crippen molar-refractivity contribution in [3.8, 4) is 0 Å². The van der Waals surface area contributed by atoms with Crippen molar-refractivity contribution in [1.82, 2.24) is 4.31 Å². The fourth-order valence-corrected chi connectivity index (χ4v) is 5.59. The van der Waals surface area contributed by atoms with Gasteiger partial charge < -0.3 is 4.90 Å². The number of amides is 1. The molecule has 0 spiro atoms. The average Bonchev–Trinajstić information content (AvgIpc) is 2.90. The predicted octanol–water partition coefficient (Wildman–Crippen LogP) is 3.12. The maximum Gasteiger partial charge on any atom is 0.243 e. The third kappa shape index (κ3) is 3.39. The van der Waals surface area contributed by atoms with E-state index in [-0.39, 0.29) is 5.91 Å².